The lowest BCUT2D eigenvalue weighted by Gasteiger charge is -2.37. The number of anilines is 6. The standard InChI is InChI=1S/C62H46N2/c1-41-54-35-29-47(44-25-30-50(31-26-44)63(48-19-6-4-7-20-48)51-32-27-42-15-10-12-17-45(42)37-51)39-57(54)55-23-14-24-58-61(55)60(41)56-36-34-53(40-59(56)62(58,2)3)64(49-21-8-5-9-22-49)52-33-28-43-16-11-13-18-46(43)38-52/h4-40H,1-3H3. The third-order valence-corrected chi connectivity index (χ3v) is 13.8. The lowest BCUT2D eigenvalue weighted by Crippen LogP contribution is -2.24. The van der Waals surface area contributed by atoms with E-state index in [1.54, 1.807) is 0 Å². The normalized spacial score (nSPS) is 12.7. The Kier molecular flexibility index (Phi) is 8.77. The van der Waals surface area contributed by atoms with Crippen LogP contribution in [0.15, 0.2) is 224 Å². The van der Waals surface area contributed by atoms with Gasteiger partial charge in [-0.2, -0.15) is 0 Å². The Morgan fingerprint density at radius 2 is 0.828 bits per heavy atom. The molecular formula is C62H46N2. The highest BCUT2D eigenvalue weighted by Gasteiger charge is 2.35. The summed E-state index contributed by atoms with van der Waals surface area (Å²) in [7, 11) is 0. The monoisotopic (exact) mass is 818 g/mol. The molecule has 304 valence electrons. The van der Waals surface area contributed by atoms with Crippen LogP contribution in [-0.4, -0.2) is 0 Å². The van der Waals surface area contributed by atoms with Gasteiger partial charge in [-0.1, -0.05) is 159 Å². The number of hydrogen-bond acceptors (Lipinski definition) is 2. The van der Waals surface area contributed by atoms with Crippen LogP contribution in [0.3, 0.4) is 0 Å². The van der Waals surface area contributed by atoms with E-state index in [0.717, 1.165) is 34.1 Å². The number of hydrogen-bond donors (Lipinski definition) is 0. The molecule has 12 rings (SSSR count). The van der Waals surface area contributed by atoms with Crippen molar-refractivity contribution >= 4 is 77.2 Å². The highest BCUT2D eigenvalue weighted by atomic mass is 15.1. The van der Waals surface area contributed by atoms with Crippen molar-refractivity contribution in [3.05, 3.63) is 241 Å². The number of benzene rings is 11. The van der Waals surface area contributed by atoms with Gasteiger partial charge in [0.25, 0.3) is 0 Å². The number of para-hydroxylation sites is 2. The molecule has 0 heterocycles. The van der Waals surface area contributed by atoms with Crippen LogP contribution in [-0.2, 0) is 5.41 Å². The molecule has 64 heavy (non-hydrogen) atoms. The van der Waals surface area contributed by atoms with E-state index in [2.05, 4.69) is 255 Å². The van der Waals surface area contributed by atoms with Crippen molar-refractivity contribution in [2.24, 2.45) is 0 Å². The third kappa shape index (κ3) is 6.09. The van der Waals surface area contributed by atoms with Gasteiger partial charge >= 0.3 is 0 Å². The highest BCUT2D eigenvalue weighted by Crippen LogP contribution is 2.53. The molecule has 11 aromatic rings. The molecule has 0 saturated heterocycles. The summed E-state index contributed by atoms with van der Waals surface area (Å²) in [5, 5.41) is 10.2. The van der Waals surface area contributed by atoms with Crippen LogP contribution in [0.25, 0.3) is 65.3 Å². The van der Waals surface area contributed by atoms with Gasteiger partial charge in [-0.25, -0.2) is 0 Å². The maximum Gasteiger partial charge on any atom is 0.0468 e. The molecule has 1 aliphatic carbocycles. The summed E-state index contributed by atoms with van der Waals surface area (Å²) in [5.74, 6) is 0. The summed E-state index contributed by atoms with van der Waals surface area (Å²) in [6.45, 7) is 7.14. The number of nitrogens with zero attached hydrogens (tertiary/aromatic N) is 2. The van der Waals surface area contributed by atoms with E-state index in [9.17, 15) is 0 Å². The fourth-order valence-electron chi connectivity index (χ4n) is 10.5. The van der Waals surface area contributed by atoms with Crippen LogP contribution >= 0.6 is 0 Å². The van der Waals surface area contributed by atoms with E-state index in [0.29, 0.717) is 0 Å². The van der Waals surface area contributed by atoms with Crippen LogP contribution in [0, 0.1) is 6.92 Å². The minimum Gasteiger partial charge on any atom is -0.310 e. The van der Waals surface area contributed by atoms with Crippen molar-refractivity contribution in [2.45, 2.75) is 26.2 Å². The molecule has 0 atom stereocenters. The average Bonchev–Trinajstić information content (AvgIpc) is 3.35. The summed E-state index contributed by atoms with van der Waals surface area (Å²) in [6, 6.07) is 82.4. The molecule has 0 N–H and O–H groups in total. The van der Waals surface area contributed by atoms with Crippen LogP contribution in [0.1, 0.15) is 30.5 Å². The predicted molar refractivity (Wildman–Crippen MR) is 274 cm³/mol. The van der Waals surface area contributed by atoms with Crippen molar-refractivity contribution in [1.29, 1.82) is 0 Å². The first-order valence-corrected chi connectivity index (χ1v) is 22.3. The molecular weight excluding hydrogens is 773 g/mol. The van der Waals surface area contributed by atoms with Gasteiger partial charge in [-0.3, -0.25) is 0 Å². The summed E-state index contributed by atoms with van der Waals surface area (Å²) in [5.41, 5.74) is 15.7. The smallest absolute Gasteiger partial charge is 0.0468 e. The van der Waals surface area contributed by atoms with Gasteiger partial charge in [0.05, 0.1) is 0 Å². The molecule has 0 amide bonds. The molecule has 0 aliphatic heterocycles. The van der Waals surface area contributed by atoms with Gasteiger partial charge in [-0.15, -0.1) is 0 Å². The molecule has 2 heteroatoms. The van der Waals surface area contributed by atoms with E-state index in [1.165, 1.54) is 82.0 Å². The zero-order valence-electron chi connectivity index (χ0n) is 36.3. The molecule has 0 spiro atoms. The first-order valence-electron chi connectivity index (χ1n) is 22.3. The Morgan fingerprint density at radius 3 is 1.45 bits per heavy atom. The molecule has 11 aromatic carbocycles. The van der Waals surface area contributed by atoms with Crippen LogP contribution < -0.4 is 9.80 Å². The zero-order chi connectivity index (χ0) is 42.9. The zero-order valence-corrected chi connectivity index (χ0v) is 36.3. The Hall–Kier alpha value is -7.94. The SMILES string of the molecule is Cc1c2c3c(cccc3c3cc(-c4ccc(N(c5ccccc5)c5ccc6ccccc6c5)cc4)ccc13)C(C)(C)c1cc(N(c3ccccc3)c3ccc4ccccc4c3)ccc1-2. The molecule has 0 saturated carbocycles. The fourth-order valence-corrected chi connectivity index (χ4v) is 10.5. The Labute approximate surface area is 374 Å². The van der Waals surface area contributed by atoms with Gasteiger partial charge < -0.3 is 9.80 Å². The second kappa shape index (κ2) is 14.9. The van der Waals surface area contributed by atoms with Gasteiger partial charge in [0.2, 0.25) is 0 Å². The Morgan fingerprint density at radius 1 is 0.328 bits per heavy atom. The van der Waals surface area contributed by atoms with Gasteiger partial charge in [-0.05, 0) is 168 Å². The molecule has 0 fully saturated rings. The van der Waals surface area contributed by atoms with Crippen LogP contribution in [0.2, 0.25) is 0 Å². The van der Waals surface area contributed by atoms with Gasteiger partial charge in [0.1, 0.15) is 0 Å². The van der Waals surface area contributed by atoms with E-state index in [1.807, 2.05) is 0 Å². The molecule has 0 bridgehead atoms. The van der Waals surface area contributed by atoms with Crippen LogP contribution in [0.4, 0.5) is 34.1 Å². The van der Waals surface area contributed by atoms with Gasteiger partial charge in [0, 0.05) is 39.5 Å². The predicted octanol–water partition coefficient (Wildman–Crippen LogP) is 17.5. The minimum atomic E-state index is -0.243. The summed E-state index contributed by atoms with van der Waals surface area (Å²) in [4.78, 5) is 4.75. The second-order valence-electron chi connectivity index (χ2n) is 17.8. The topological polar surface area (TPSA) is 6.48 Å². The Bertz CT molecular complexity index is 3590. The molecule has 0 aromatic heterocycles. The maximum atomic E-state index is 2.45. The molecule has 1 aliphatic rings. The van der Waals surface area contributed by atoms with Crippen LogP contribution in [0.5, 0.6) is 0 Å². The maximum absolute atomic E-state index is 2.45. The Balaban J connectivity index is 0.962. The van der Waals surface area contributed by atoms with Crippen molar-refractivity contribution in [2.75, 3.05) is 9.80 Å². The second-order valence-corrected chi connectivity index (χ2v) is 17.8. The number of fused-ring (bicyclic) bond motifs is 6. The quantitative estimate of drug-likeness (QED) is 0.148. The average molecular weight is 819 g/mol. The van der Waals surface area contributed by atoms with E-state index in [4.69, 9.17) is 0 Å². The van der Waals surface area contributed by atoms with Crippen molar-refractivity contribution in [3.63, 3.8) is 0 Å². The van der Waals surface area contributed by atoms with Gasteiger partial charge in [0.15, 0.2) is 0 Å². The van der Waals surface area contributed by atoms with Crippen molar-refractivity contribution < 1.29 is 0 Å². The molecule has 0 unspecified atom stereocenters. The molecule has 0 radical (unpaired) electrons. The van der Waals surface area contributed by atoms with Crippen molar-refractivity contribution in [3.8, 4) is 22.3 Å². The number of aryl methyl sites for hydroxylation is 1. The van der Waals surface area contributed by atoms with E-state index >= 15 is 0 Å². The van der Waals surface area contributed by atoms with E-state index in [-0.39, 0.29) is 5.41 Å². The third-order valence-electron chi connectivity index (χ3n) is 13.8. The molecule has 2 nitrogen and oxygen atoms in total. The lowest BCUT2D eigenvalue weighted by molar-refractivity contribution is 0.645. The summed E-state index contributed by atoms with van der Waals surface area (Å²) in [6.07, 6.45) is 0. The van der Waals surface area contributed by atoms with E-state index < -0.39 is 0 Å². The largest absolute Gasteiger partial charge is 0.310 e. The first-order chi connectivity index (χ1) is 31.4. The first kappa shape index (κ1) is 37.8. The number of rotatable bonds is 7. The minimum absolute atomic E-state index is 0.243. The van der Waals surface area contributed by atoms with Crippen molar-refractivity contribution in [1.82, 2.24) is 0 Å². The highest BCUT2D eigenvalue weighted by molar-refractivity contribution is 6.19. The lowest BCUT2D eigenvalue weighted by atomic mass is 9.67. The fraction of sp³-hybridized carbons (Fsp3) is 0.0645. The summed E-state index contributed by atoms with van der Waals surface area (Å²) >= 11 is 0. The summed E-state index contributed by atoms with van der Waals surface area (Å²) < 4.78 is 0.